The third-order valence-electron chi connectivity index (χ3n) is 6.12. The number of hydrogen-bond acceptors (Lipinski definition) is 5. The molecule has 4 atom stereocenters. The van der Waals surface area contributed by atoms with Gasteiger partial charge in [0.1, 0.15) is 17.5 Å². The minimum atomic E-state index is -4.95. The van der Waals surface area contributed by atoms with Gasteiger partial charge in [-0.05, 0) is 25.1 Å². The molecule has 13 heteroatoms. The lowest BCUT2D eigenvalue weighted by Crippen LogP contribution is -2.47. The highest BCUT2D eigenvalue weighted by Gasteiger charge is 2.66. The number of amides is 2. The van der Waals surface area contributed by atoms with Crippen LogP contribution in [0.5, 0.6) is 5.75 Å². The number of nitrogens with one attached hydrogen (secondary N) is 1. The van der Waals surface area contributed by atoms with E-state index in [2.05, 4.69) is 10.3 Å². The van der Waals surface area contributed by atoms with Gasteiger partial charge in [0.2, 0.25) is 0 Å². The van der Waals surface area contributed by atoms with Crippen molar-refractivity contribution in [2.75, 3.05) is 12.4 Å². The molecule has 3 rings (SSSR count). The molecule has 1 saturated heterocycles. The Labute approximate surface area is 195 Å². The second kappa shape index (κ2) is 9.02. The van der Waals surface area contributed by atoms with Crippen LogP contribution in [0.25, 0.3) is 0 Å². The number of anilines is 1. The van der Waals surface area contributed by atoms with Gasteiger partial charge in [0.05, 0.1) is 12.7 Å². The molecule has 1 aliphatic rings. The Kier molecular flexibility index (Phi) is 6.77. The lowest BCUT2D eigenvalue weighted by molar-refractivity contribution is -0.272. The highest BCUT2D eigenvalue weighted by atomic mass is 19.4. The number of alkyl halides is 6. The average molecular weight is 505 g/mol. The summed E-state index contributed by atoms with van der Waals surface area (Å²) in [6, 6.07) is 5.27. The summed E-state index contributed by atoms with van der Waals surface area (Å²) in [6.07, 6.45) is -10.5. The van der Waals surface area contributed by atoms with Crippen LogP contribution in [0.15, 0.2) is 36.5 Å². The number of carbonyl (C=O) groups is 2. The number of ether oxygens (including phenoxy) is 2. The predicted octanol–water partition coefficient (Wildman–Crippen LogP) is 4.29. The van der Waals surface area contributed by atoms with E-state index in [1.807, 2.05) is 0 Å². The summed E-state index contributed by atoms with van der Waals surface area (Å²) in [7, 11) is 0.953. The van der Waals surface area contributed by atoms with Crippen molar-refractivity contribution in [3.8, 4) is 5.75 Å². The molecule has 2 aromatic rings. The van der Waals surface area contributed by atoms with Crippen molar-refractivity contribution in [1.29, 1.82) is 0 Å². The molecule has 2 heterocycles. The quantitative estimate of drug-likeness (QED) is 0.591. The van der Waals surface area contributed by atoms with Gasteiger partial charge in [-0.3, -0.25) is 14.6 Å². The number of benzene rings is 1. The molecule has 1 aliphatic heterocycles. The zero-order chi connectivity index (χ0) is 26.3. The third kappa shape index (κ3) is 4.77. The summed E-state index contributed by atoms with van der Waals surface area (Å²) in [5, 5.41) is 2.33. The van der Waals surface area contributed by atoms with Gasteiger partial charge in [-0.2, -0.15) is 26.3 Å². The van der Waals surface area contributed by atoms with Crippen LogP contribution in [0.1, 0.15) is 41.4 Å². The van der Waals surface area contributed by atoms with Gasteiger partial charge in [-0.1, -0.05) is 19.1 Å². The van der Waals surface area contributed by atoms with Crippen LogP contribution < -0.4 is 15.8 Å². The van der Waals surface area contributed by atoms with Crippen LogP contribution in [0.4, 0.5) is 32.0 Å². The van der Waals surface area contributed by atoms with Gasteiger partial charge in [-0.15, -0.1) is 0 Å². The molecule has 0 unspecified atom stereocenters. The Morgan fingerprint density at radius 2 is 1.83 bits per heavy atom. The van der Waals surface area contributed by atoms with Crippen LogP contribution in [-0.2, 0) is 15.7 Å². The maximum atomic E-state index is 14.0. The highest BCUT2D eigenvalue weighted by molar-refractivity contribution is 5.97. The first-order chi connectivity index (χ1) is 16.1. The van der Waals surface area contributed by atoms with E-state index in [1.54, 1.807) is 0 Å². The largest absolute Gasteiger partial charge is 0.496 e. The van der Waals surface area contributed by atoms with Crippen LogP contribution in [0, 0.1) is 5.92 Å². The van der Waals surface area contributed by atoms with Gasteiger partial charge in [-0.25, -0.2) is 0 Å². The molecule has 1 fully saturated rings. The summed E-state index contributed by atoms with van der Waals surface area (Å²) in [5.74, 6) is -5.66. The standard InChI is InChI=1S/C22H21F6N3O4/c1-10-15(12-5-4-6-13(16(12)34-3)21(23,24)25)17(35-20(10,2)22(26,27)28)19(33)31-11-7-8-30-14(9-11)18(29)32/h4-10,15,17H,1-3H3,(H2,29,32)(H,30,31,33)/t10-,15+,17-,20-/m0/s1. The average Bonchev–Trinajstić information content (AvgIpc) is 3.04. The van der Waals surface area contributed by atoms with Crippen LogP contribution in [0.3, 0.4) is 0 Å². The second-order valence-electron chi connectivity index (χ2n) is 8.17. The maximum Gasteiger partial charge on any atom is 0.419 e. The number of methoxy groups -OCH3 is 1. The first-order valence-corrected chi connectivity index (χ1v) is 10.2. The van der Waals surface area contributed by atoms with Crippen LogP contribution in [-0.4, -0.2) is 41.8 Å². The molecule has 0 bridgehead atoms. The van der Waals surface area contributed by atoms with E-state index in [4.69, 9.17) is 15.2 Å². The van der Waals surface area contributed by atoms with Crippen molar-refractivity contribution in [3.05, 3.63) is 53.3 Å². The smallest absolute Gasteiger partial charge is 0.419 e. The number of pyridine rings is 1. The molecule has 0 radical (unpaired) electrons. The molecular weight excluding hydrogens is 484 g/mol. The summed E-state index contributed by atoms with van der Waals surface area (Å²) in [4.78, 5) is 28.2. The molecule has 0 aliphatic carbocycles. The first-order valence-electron chi connectivity index (χ1n) is 10.2. The number of aromatic nitrogens is 1. The van der Waals surface area contributed by atoms with Crippen molar-refractivity contribution in [3.63, 3.8) is 0 Å². The number of rotatable bonds is 5. The Morgan fingerprint density at radius 3 is 2.37 bits per heavy atom. The third-order valence-corrected chi connectivity index (χ3v) is 6.12. The van der Waals surface area contributed by atoms with E-state index >= 15 is 0 Å². The summed E-state index contributed by atoms with van der Waals surface area (Å²) < 4.78 is 93.0. The molecule has 7 nitrogen and oxygen atoms in total. The Balaban J connectivity index is 2.11. The Morgan fingerprint density at radius 1 is 1.17 bits per heavy atom. The summed E-state index contributed by atoms with van der Waals surface area (Å²) >= 11 is 0. The SMILES string of the molecule is COc1c([C@@H]2[C@@H](C(=O)Nc3ccnc(C(N)=O)c3)O[C@](C)(C(F)(F)F)[C@H]2C)cccc1C(F)(F)F. The van der Waals surface area contributed by atoms with Crippen molar-refractivity contribution >= 4 is 17.5 Å². The Bertz CT molecular complexity index is 1140. The summed E-state index contributed by atoms with van der Waals surface area (Å²) in [6.45, 7) is 1.87. The normalized spacial score (nSPS) is 24.8. The van der Waals surface area contributed by atoms with Crippen molar-refractivity contribution < 1.29 is 45.4 Å². The highest BCUT2D eigenvalue weighted by Crippen LogP contribution is 2.55. The number of para-hydroxylation sites is 1. The van der Waals surface area contributed by atoms with Gasteiger partial charge in [0.25, 0.3) is 11.8 Å². The van der Waals surface area contributed by atoms with Crippen molar-refractivity contribution in [1.82, 2.24) is 4.98 Å². The molecule has 1 aromatic carbocycles. The van der Waals surface area contributed by atoms with Crippen molar-refractivity contribution in [2.45, 2.75) is 43.8 Å². The molecule has 190 valence electrons. The number of carbonyl (C=O) groups excluding carboxylic acids is 2. The van der Waals surface area contributed by atoms with E-state index in [0.717, 1.165) is 45.4 Å². The maximum absolute atomic E-state index is 14.0. The van der Waals surface area contributed by atoms with Gasteiger partial charge >= 0.3 is 12.4 Å². The zero-order valence-corrected chi connectivity index (χ0v) is 18.6. The fraction of sp³-hybridized carbons (Fsp3) is 0.409. The molecule has 3 N–H and O–H groups in total. The fourth-order valence-corrected chi connectivity index (χ4v) is 4.15. The fourth-order valence-electron chi connectivity index (χ4n) is 4.15. The molecule has 0 saturated carbocycles. The van der Waals surface area contributed by atoms with Gasteiger partial charge in [0, 0.05) is 29.3 Å². The topological polar surface area (TPSA) is 104 Å². The van der Waals surface area contributed by atoms with E-state index < -0.39 is 59.0 Å². The van der Waals surface area contributed by atoms with Crippen LogP contribution >= 0.6 is 0 Å². The number of nitrogens with zero attached hydrogens (tertiary/aromatic N) is 1. The van der Waals surface area contributed by atoms with E-state index in [9.17, 15) is 35.9 Å². The first kappa shape index (κ1) is 26.3. The monoisotopic (exact) mass is 505 g/mol. The number of primary amides is 1. The lowest BCUT2D eigenvalue weighted by Gasteiger charge is -2.32. The molecular formula is C22H21F6N3O4. The Hall–Kier alpha value is -3.35. The molecule has 35 heavy (non-hydrogen) atoms. The minimum absolute atomic E-state index is 0.0228. The van der Waals surface area contributed by atoms with E-state index in [0.29, 0.717) is 0 Å². The van der Waals surface area contributed by atoms with Gasteiger partial charge in [0.15, 0.2) is 5.60 Å². The zero-order valence-electron chi connectivity index (χ0n) is 18.6. The second-order valence-corrected chi connectivity index (χ2v) is 8.17. The molecule has 2 amide bonds. The predicted molar refractivity (Wildman–Crippen MR) is 111 cm³/mol. The van der Waals surface area contributed by atoms with Crippen LogP contribution in [0.2, 0.25) is 0 Å². The van der Waals surface area contributed by atoms with Gasteiger partial charge < -0.3 is 20.5 Å². The summed E-state index contributed by atoms with van der Waals surface area (Å²) in [5.41, 5.74) is 0.564. The van der Waals surface area contributed by atoms with E-state index in [1.165, 1.54) is 12.1 Å². The number of hydrogen-bond donors (Lipinski definition) is 2. The minimum Gasteiger partial charge on any atom is -0.496 e. The molecule has 0 spiro atoms. The molecule has 1 aromatic heterocycles. The lowest BCUT2D eigenvalue weighted by atomic mass is 9.76. The number of halogens is 6. The van der Waals surface area contributed by atoms with E-state index in [-0.39, 0.29) is 16.9 Å². The number of nitrogens with two attached hydrogens (primary N) is 1. The van der Waals surface area contributed by atoms with Crippen molar-refractivity contribution in [2.24, 2.45) is 11.7 Å².